The first-order valence-electron chi connectivity index (χ1n) is 2.49. The maximum atomic E-state index is 12.2. The summed E-state index contributed by atoms with van der Waals surface area (Å²) in [5.41, 5.74) is 0.746. The first-order chi connectivity index (χ1) is 4.20. The van der Waals surface area contributed by atoms with E-state index in [-0.39, 0.29) is 0 Å². The Morgan fingerprint density at radius 3 is 2.67 bits per heavy atom. The van der Waals surface area contributed by atoms with Crippen molar-refractivity contribution in [2.24, 2.45) is 0 Å². The lowest BCUT2D eigenvalue weighted by Gasteiger charge is -1.93. The fourth-order valence-electron chi connectivity index (χ4n) is 0.513. The first-order valence-corrected chi connectivity index (χ1v) is 3.56. The van der Waals surface area contributed by atoms with E-state index >= 15 is 0 Å². The van der Waals surface area contributed by atoms with Crippen LogP contribution in [0.15, 0.2) is 12.1 Å². The van der Waals surface area contributed by atoms with Crippen LogP contribution >= 0.6 is 22.6 Å². The first kappa shape index (κ1) is 6.92. The molecule has 48 valence electrons. The fourth-order valence-corrected chi connectivity index (χ4v) is 0.814. The molecule has 1 rings (SSSR count). The minimum Gasteiger partial charge on any atom is -0.224 e. The zero-order valence-electron chi connectivity index (χ0n) is 4.86. The number of aryl methyl sites for hydroxylation is 1. The third-order valence-electron chi connectivity index (χ3n) is 0.987. The highest BCUT2D eigenvalue weighted by atomic mass is 127. The summed E-state index contributed by atoms with van der Waals surface area (Å²) in [7, 11) is 0. The molecule has 0 atom stereocenters. The molecule has 9 heavy (non-hydrogen) atoms. The molecule has 1 heterocycles. The van der Waals surface area contributed by atoms with Crippen molar-refractivity contribution in [2.45, 2.75) is 6.92 Å². The molecule has 0 radical (unpaired) electrons. The smallest absolute Gasteiger partial charge is 0.213 e. The van der Waals surface area contributed by atoms with Crippen molar-refractivity contribution in [1.82, 2.24) is 4.98 Å². The van der Waals surface area contributed by atoms with Gasteiger partial charge in [0.25, 0.3) is 0 Å². The molecule has 0 aliphatic rings. The second kappa shape index (κ2) is 2.60. The number of hydrogen-bond donors (Lipinski definition) is 0. The summed E-state index contributed by atoms with van der Waals surface area (Å²) < 4.78 is 13.2. The average molecular weight is 237 g/mol. The third-order valence-corrected chi connectivity index (χ3v) is 2.13. The standard InChI is InChI=1S/C6H5FIN/c1-4-5(8)2-3-6(7)9-4/h2-3H,1H3. The summed E-state index contributed by atoms with van der Waals surface area (Å²) in [5.74, 6) is -0.409. The zero-order valence-corrected chi connectivity index (χ0v) is 7.02. The van der Waals surface area contributed by atoms with Crippen molar-refractivity contribution in [2.75, 3.05) is 0 Å². The van der Waals surface area contributed by atoms with Gasteiger partial charge in [0.05, 0.1) is 5.69 Å². The van der Waals surface area contributed by atoms with E-state index in [4.69, 9.17) is 0 Å². The highest BCUT2D eigenvalue weighted by Gasteiger charge is 1.95. The molecular formula is C6H5FIN. The summed E-state index contributed by atoms with van der Waals surface area (Å²) in [4.78, 5) is 3.60. The summed E-state index contributed by atoms with van der Waals surface area (Å²) in [6.07, 6.45) is 0. The molecule has 0 saturated heterocycles. The van der Waals surface area contributed by atoms with Gasteiger partial charge in [-0.15, -0.1) is 0 Å². The van der Waals surface area contributed by atoms with Crippen LogP contribution in [-0.4, -0.2) is 4.98 Å². The van der Waals surface area contributed by atoms with Crippen LogP contribution in [0.5, 0.6) is 0 Å². The van der Waals surface area contributed by atoms with E-state index in [9.17, 15) is 4.39 Å². The Morgan fingerprint density at radius 1 is 1.56 bits per heavy atom. The molecule has 0 amide bonds. The van der Waals surface area contributed by atoms with Gasteiger partial charge in [-0.2, -0.15) is 4.39 Å². The molecular weight excluding hydrogens is 232 g/mol. The van der Waals surface area contributed by atoms with E-state index in [0.717, 1.165) is 9.26 Å². The molecule has 0 aliphatic carbocycles. The van der Waals surface area contributed by atoms with Crippen LogP contribution in [-0.2, 0) is 0 Å². The van der Waals surface area contributed by atoms with Gasteiger partial charge in [-0.3, -0.25) is 0 Å². The average Bonchev–Trinajstić information content (AvgIpc) is 1.80. The van der Waals surface area contributed by atoms with Crippen molar-refractivity contribution >= 4 is 22.6 Å². The summed E-state index contributed by atoms with van der Waals surface area (Å²) in [5, 5.41) is 0. The Kier molecular flexibility index (Phi) is 2.00. The molecule has 0 fully saturated rings. The number of aromatic nitrogens is 1. The zero-order chi connectivity index (χ0) is 6.85. The van der Waals surface area contributed by atoms with E-state index in [1.165, 1.54) is 6.07 Å². The fraction of sp³-hybridized carbons (Fsp3) is 0.167. The number of nitrogens with zero attached hydrogens (tertiary/aromatic N) is 1. The van der Waals surface area contributed by atoms with Crippen LogP contribution in [0.1, 0.15) is 5.69 Å². The van der Waals surface area contributed by atoms with Gasteiger partial charge in [0.15, 0.2) is 0 Å². The van der Waals surface area contributed by atoms with Gasteiger partial charge < -0.3 is 0 Å². The Labute approximate surface area is 66.4 Å². The quantitative estimate of drug-likeness (QED) is 0.497. The third kappa shape index (κ3) is 1.61. The Morgan fingerprint density at radius 2 is 2.22 bits per heavy atom. The van der Waals surface area contributed by atoms with Crippen LogP contribution < -0.4 is 0 Å². The van der Waals surface area contributed by atoms with Crippen LogP contribution in [0, 0.1) is 16.4 Å². The largest absolute Gasteiger partial charge is 0.224 e. The van der Waals surface area contributed by atoms with E-state index in [1.807, 2.05) is 0 Å². The van der Waals surface area contributed by atoms with Gasteiger partial charge in [0.2, 0.25) is 5.95 Å². The maximum Gasteiger partial charge on any atom is 0.213 e. The lowest BCUT2D eigenvalue weighted by atomic mass is 10.4. The van der Waals surface area contributed by atoms with Gasteiger partial charge in [-0.1, -0.05) is 0 Å². The molecule has 0 aliphatic heterocycles. The second-order valence-electron chi connectivity index (χ2n) is 1.70. The van der Waals surface area contributed by atoms with Crippen LogP contribution in [0.4, 0.5) is 4.39 Å². The number of halogens is 2. The summed E-state index contributed by atoms with van der Waals surface area (Å²) >= 11 is 2.11. The lowest BCUT2D eigenvalue weighted by molar-refractivity contribution is 0.579. The second-order valence-corrected chi connectivity index (χ2v) is 2.86. The Balaban J connectivity index is 3.17. The van der Waals surface area contributed by atoms with E-state index in [2.05, 4.69) is 27.6 Å². The van der Waals surface area contributed by atoms with Gasteiger partial charge >= 0.3 is 0 Å². The molecule has 0 N–H and O–H groups in total. The minimum absolute atomic E-state index is 0.409. The van der Waals surface area contributed by atoms with Crippen molar-refractivity contribution in [1.29, 1.82) is 0 Å². The van der Waals surface area contributed by atoms with Crippen LogP contribution in [0.25, 0.3) is 0 Å². The molecule has 0 aromatic carbocycles. The van der Waals surface area contributed by atoms with Gasteiger partial charge in [0, 0.05) is 3.57 Å². The number of hydrogen-bond acceptors (Lipinski definition) is 1. The molecule has 1 aromatic heterocycles. The van der Waals surface area contributed by atoms with E-state index in [0.29, 0.717) is 0 Å². The summed E-state index contributed by atoms with van der Waals surface area (Å²) in [6.45, 7) is 1.78. The Bertz CT molecular complexity index is 224. The molecule has 1 nitrogen and oxygen atoms in total. The molecule has 0 spiro atoms. The van der Waals surface area contributed by atoms with Gasteiger partial charge in [-0.25, -0.2) is 4.98 Å². The molecule has 0 bridgehead atoms. The van der Waals surface area contributed by atoms with Gasteiger partial charge in [-0.05, 0) is 41.6 Å². The SMILES string of the molecule is Cc1nc(F)ccc1I. The lowest BCUT2D eigenvalue weighted by Crippen LogP contribution is -1.88. The molecule has 1 aromatic rings. The van der Waals surface area contributed by atoms with Crippen LogP contribution in [0.3, 0.4) is 0 Å². The maximum absolute atomic E-state index is 12.2. The number of pyridine rings is 1. The van der Waals surface area contributed by atoms with E-state index < -0.39 is 5.95 Å². The van der Waals surface area contributed by atoms with Crippen molar-refractivity contribution in [3.63, 3.8) is 0 Å². The monoisotopic (exact) mass is 237 g/mol. The van der Waals surface area contributed by atoms with Crippen LogP contribution in [0.2, 0.25) is 0 Å². The highest BCUT2D eigenvalue weighted by molar-refractivity contribution is 14.1. The number of rotatable bonds is 0. The predicted molar refractivity (Wildman–Crippen MR) is 41.6 cm³/mol. The van der Waals surface area contributed by atoms with Gasteiger partial charge in [0.1, 0.15) is 0 Å². The summed E-state index contributed by atoms with van der Waals surface area (Å²) in [6, 6.07) is 3.06. The Hall–Kier alpha value is -0.190. The van der Waals surface area contributed by atoms with Crippen molar-refractivity contribution in [3.05, 3.63) is 27.3 Å². The highest BCUT2D eigenvalue weighted by Crippen LogP contribution is 2.07. The minimum atomic E-state index is -0.409. The molecule has 0 unspecified atom stereocenters. The topological polar surface area (TPSA) is 12.9 Å². The normalized spacial score (nSPS) is 9.67. The van der Waals surface area contributed by atoms with Crippen molar-refractivity contribution < 1.29 is 4.39 Å². The molecule has 3 heteroatoms. The van der Waals surface area contributed by atoms with Crippen molar-refractivity contribution in [3.8, 4) is 0 Å². The van der Waals surface area contributed by atoms with E-state index in [1.54, 1.807) is 13.0 Å². The predicted octanol–water partition coefficient (Wildman–Crippen LogP) is 2.13. The molecule has 0 saturated carbocycles.